The van der Waals surface area contributed by atoms with Crippen LogP contribution in [-0.2, 0) is 0 Å². The minimum atomic E-state index is -0.462. The maximum absolute atomic E-state index is 11.2. The van der Waals surface area contributed by atoms with Gasteiger partial charge in [-0.25, -0.2) is 4.98 Å². The van der Waals surface area contributed by atoms with Gasteiger partial charge in [0, 0.05) is 23.2 Å². The summed E-state index contributed by atoms with van der Waals surface area (Å²) in [6, 6.07) is 3.72. The van der Waals surface area contributed by atoms with Gasteiger partial charge in [-0.3, -0.25) is 9.78 Å². The number of fused-ring (bicyclic) bond motifs is 3. The second-order valence-corrected chi connectivity index (χ2v) is 3.51. The first-order chi connectivity index (χ1) is 7.77. The van der Waals surface area contributed by atoms with Crippen LogP contribution in [-0.4, -0.2) is 20.9 Å². The molecule has 2 aromatic heterocycles. The number of nitrogens with two attached hydrogens (primary N) is 1. The quantitative estimate of drug-likeness (QED) is 0.635. The fourth-order valence-corrected chi connectivity index (χ4v) is 1.83. The lowest BCUT2D eigenvalue weighted by atomic mass is 10.1. The molecule has 5 nitrogen and oxygen atoms in total. The summed E-state index contributed by atoms with van der Waals surface area (Å²) in [5, 5.41) is 1.71. The third kappa shape index (κ3) is 1.08. The molecule has 2 heterocycles. The van der Waals surface area contributed by atoms with Crippen LogP contribution in [0.15, 0.2) is 30.9 Å². The average molecular weight is 212 g/mol. The van der Waals surface area contributed by atoms with Crippen molar-refractivity contribution in [2.75, 3.05) is 0 Å². The Kier molecular flexibility index (Phi) is 1.67. The summed E-state index contributed by atoms with van der Waals surface area (Å²) in [4.78, 5) is 22.4. The smallest absolute Gasteiger partial charge is 0.250 e. The molecule has 0 bridgehead atoms. The number of aromatic nitrogens is 3. The molecule has 0 aliphatic carbocycles. The van der Waals surface area contributed by atoms with E-state index in [4.69, 9.17) is 5.73 Å². The first-order valence-electron chi connectivity index (χ1n) is 4.77. The molecule has 3 rings (SSSR count). The largest absolute Gasteiger partial charge is 0.366 e. The zero-order valence-electron chi connectivity index (χ0n) is 8.27. The molecular weight excluding hydrogens is 204 g/mol. The van der Waals surface area contributed by atoms with E-state index in [1.165, 1.54) is 6.20 Å². The van der Waals surface area contributed by atoms with Gasteiger partial charge in [0.2, 0.25) is 0 Å². The van der Waals surface area contributed by atoms with E-state index in [-0.39, 0.29) is 0 Å². The van der Waals surface area contributed by atoms with E-state index in [2.05, 4.69) is 15.0 Å². The Labute approximate surface area is 90.3 Å². The summed E-state index contributed by atoms with van der Waals surface area (Å²) in [6.07, 6.45) is 4.82. The van der Waals surface area contributed by atoms with Gasteiger partial charge in [0.25, 0.3) is 5.91 Å². The summed E-state index contributed by atoms with van der Waals surface area (Å²) in [7, 11) is 0. The highest BCUT2D eigenvalue weighted by Crippen LogP contribution is 2.24. The highest BCUT2D eigenvalue weighted by atomic mass is 16.1. The third-order valence-corrected chi connectivity index (χ3v) is 2.59. The minimum absolute atomic E-state index is 0.446. The third-order valence-electron chi connectivity index (χ3n) is 2.59. The summed E-state index contributed by atoms with van der Waals surface area (Å²) in [6.45, 7) is 0. The van der Waals surface area contributed by atoms with Crippen LogP contribution in [0.5, 0.6) is 0 Å². The number of carbonyl (C=O) groups is 1. The molecule has 1 aromatic carbocycles. The van der Waals surface area contributed by atoms with E-state index >= 15 is 0 Å². The molecule has 3 aromatic rings. The maximum Gasteiger partial charge on any atom is 0.250 e. The Bertz CT molecular complexity index is 701. The van der Waals surface area contributed by atoms with E-state index in [1.54, 1.807) is 12.5 Å². The van der Waals surface area contributed by atoms with Gasteiger partial charge in [0.15, 0.2) is 0 Å². The molecule has 0 aliphatic rings. The number of nitrogens with one attached hydrogen (secondary N) is 1. The van der Waals surface area contributed by atoms with Gasteiger partial charge in [0.05, 0.1) is 22.9 Å². The maximum atomic E-state index is 11.2. The Morgan fingerprint density at radius 2 is 2.19 bits per heavy atom. The molecule has 78 valence electrons. The van der Waals surface area contributed by atoms with Crippen LogP contribution >= 0.6 is 0 Å². The zero-order chi connectivity index (χ0) is 11.1. The molecule has 0 unspecified atom stereocenters. The number of H-pyrrole nitrogens is 1. The van der Waals surface area contributed by atoms with Crippen molar-refractivity contribution in [1.82, 2.24) is 15.0 Å². The Balaban J connectivity index is 2.49. The standard InChI is InChI=1S/C11H8N4O/c12-11(16)8-4-14-10-7(8)2-1-6-3-13-5-15-9(6)10/h1-5H,(H2,12,16)(H,13,15). The number of aromatic amines is 1. The Morgan fingerprint density at radius 1 is 1.31 bits per heavy atom. The molecule has 0 radical (unpaired) electrons. The van der Waals surface area contributed by atoms with Crippen LogP contribution in [0, 0.1) is 0 Å². The number of hydrogen-bond donors (Lipinski definition) is 2. The zero-order valence-corrected chi connectivity index (χ0v) is 8.27. The van der Waals surface area contributed by atoms with Gasteiger partial charge in [0.1, 0.15) is 0 Å². The van der Waals surface area contributed by atoms with Gasteiger partial charge >= 0.3 is 0 Å². The number of nitrogens with zero attached hydrogens (tertiary/aromatic N) is 2. The number of hydrogen-bond acceptors (Lipinski definition) is 3. The SMILES string of the molecule is NC(=O)c1cnc2c1ccc1cnc[nH]c12. The predicted octanol–water partition coefficient (Wildman–Crippen LogP) is 1.21. The highest BCUT2D eigenvalue weighted by molar-refractivity contribution is 6.12. The molecular formula is C11H8N4O. The van der Waals surface area contributed by atoms with Crippen LogP contribution in [0.25, 0.3) is 21.8 Å². The van der Waals surface area contributed by atoms with Crippen LogP contribution < -0.4 is 5.73 Å². The van der Waals surface area contributed by atoms with E-state index in [1.807, 2.05) is 12.1 Å². The molecule has 0 atom stereocenters. The van der Waals surface area contributed by atoms with Crippen molar-refractivity contribution in [3.63, 3.8) is 0 Å². The van der Waals surface area contributed by atoms with Crippen molar-refractivity contribution in [2.24, 2.45) is 5.73 Å². The van der Waals surface area contributed by atoms with Crippen LogP contribution in [0.4, 0.5) is 0 Å². The van der Waals surface area contributed by atoms with Crippen LogP contribution in [0.2, 0.25) is 0 Å². The van der Waals surface area contributed by atoms with E-state index in [9.17, 15) is 4.79 Å². The lowest BCUT2D eigenvalue weighted by Crippen LogP contribution is -2.09. The fourth-order valence-electron chi connectivity index (χ4n) is 1.83. The van der Waals surface area contributed by atoms with Gasteiger partial charge in [-0.1, -0.05) is 12.1 Å². The van der Waals surface area contributed by atoms with E-state index in [0.29, 0.717) is 5.56 Å². The lowest BCUT2D eigenvalue weighted by Gasteiger charge is -1.98. The number of primary amides is 1. The van der Waals surface area contributed by atoms with Gasteiger partial charge in [-0.15, -0.1) is 0 Å². The van der Waals surface area contributed by atoms with Gasteiger partial charge < -0.3 is 10.7 Å². The molecule has 0 saturated heterocycles. The molecule has 5 heteroatoms. The molecule has 0 spiro atoms. The predicted molar refractivity (Wildman–Crippen MR) is 59.9 cm³/mol. The first kappa shape index (κ1) is 8.84. The molecule has 1 amide bonds. The number of amides is 1. The molecule has 3 N–H and O–H groups in total. The first-order valence-corrected chi connectivity index (χ1v) is 4.77. The summed E-state index contributed by atoms with van der Waals surface area (Å²) >= 11 is 0. The van der Waals surface area contributed by atoms with Crippen molar-refractivity contribution in [3.05, 3.63) is 36.4 Å². The van der Waals surface area contributed by atoms with E-state index in [0.717, 1.165) is 21.8 Å². The topological polar surface area (TPSA) is 84.7 Å². The van der Waals surface area contributed by atoms with Crippen molar-refractivity contribution >= 4 is 27.7 Å². The monoisotopic (exact) mass is 212 g/mol. The number of rotatable bonds is 1. The Hall–Kier alpha value is -2.43. The van der Waals surface area contributed by atoms with Gasteiger partial charge in [-0.2, -0.15) is 0 Å². The van der Waals surface area contributed by atoms with E-state index < -0.39 is 5.91 Å². The molecule has 0 saturated carbocycles. The summed E-state index contributed by atoms with van der Waals surface area (Å²) < 4.78 is 0. The Morgan fingerprint density at radius 3 is 3.00 bits per heavy atom. The van der Waals surface area contributed by atoms with Crippen LogP contribution in [0.3, 0.4) is 0 Å². The van der Waals surface area contributed by atoms with Crippen molar-refractivity contribution in [3.8, 4) is 0 Å². The average Bonchev–Trinajstić information content (AvgIpc) is 2.73. The number of carbonyl (C=O) groups excluding carboxylic acids is 1. The second-order valence-electron chi connectivity index (χ2n) is 3.51. The van der Waals surface area contributed by atoms with Crippen molar-refractivity contribution < 1.29 is 4.79 Å². The summed E-state index contributed by atoms with van der Waals surface area (Å²) in [5.74, 6) is -0.462. The number of benzene rings is 1. The van der Waals surface area contributed by atoms with Crippen LogP contribution in [0.1, 0.15) is 10.4 Å². The lowest BCUT2D eigenvalue weighted by molar-refractivity contribution is 0.100. The molecule has 0 fully saturated rings. The normalized spacial score (nSPS) is 11.0. The van der Waals surface area contributed by atoms with Crippen molar-refractivity contribution in [2.45, 2.75) is 0 Å². The fraction of sp³-hybridized carbons (Fsp3) is 0. The van der Waals surface area contributed by atoms with Gasteiger partial charge in [-0.05, 0) is 0 Å². The highest BCUT2D eigenvalue weighted by Gasteiger charge is 2.11. The second kappa shape index (κ2) is 3.03. The summed E-state index contributed by atoms with van der Waals surface area (Å²) in [5.41, 5.74) is 7.32. The molecule has 16 heavy (non-hydrogen) atoms. The molecule has 0 aliphatic heterocycles. The van der Waals surface area contributed by atoms with Crippen molar-refractivity contribution in [1.29, 1.82) is 0 Å². The minimum Gasteiger partial charge on any atom is -0.366 e.